The minimum absolute atomic E-state index is 0.000539. The first-order valence-electron chi connectivity index (χ1n) is 7.25. The summed E-state index contributed by atoms with van der Waals surface area (Å²) < 4.78 is 0. The van der Waals surface area contributed by atoms with Gasteiger partial charge in [0.2, 0.25) is 5.91 Å². The highest BCUT2D eigenvalue weighted by molar-refractivity contribution is 5.92. The highest BCUT2D eigenvalue weighted by atomic mass is 16.6. The number of carbonyl (C=O) groups is 1. The summed E-state index contributed by atoms with van der Waals surface area (Å²) in [6, 6.07) is 14.0. The van der Waals surface area contributed by atoms with Crippen molar-refractivity contribution in [3.8, 4) is 0 Å². The molecular weight excluding hydrogens is 292 g/mol. The lowest BCUT2D eigenvalue weighted by Crippen LogP contribution is -2.24. The van der Waals surface area contributed by atoms with E-state index in [9.17, 15) is 14.9 Å². The van der Waals surface area contributed by atoms with Crippen molar-refractivity contribution in [2.24, 2.45) is 0 Å². The van der Waals surface area contributed by atoms with Crippen LogP contribution in [0.5, 0.6) is 0 Å². The second-order valence-electron chi connectivity index (χ2n) is 5.33. The first-order chi connectivity index (χ1) is 11.0. The van der Waals surface area contributed by atoms with Crippen molar-refractivity contribution in [3.63, 3.8) is 0 Å². The van der Waals surface area contributed by atoms with Crippen molar-refractivity contribution >= 4 is 17.7 Å². The number of nitrogens with zero attached hydrogens (tertiary/aromatic N) is 1. The van der Waals surface area contributed by atoms with Crippen LogP contribution in [0.4, 0.5) is 5.69 Å². The fourth-order valence-electron chi connectivity index (χ4n) is 2.11. The predicted molar refractivity (Wildman–Crippen MR) is 89.9 cm³/mol. The maximum Gasteiger partial charge on any atom is 0.270 e. The topological polar surface area (TPSA) is 72.2 Å². The van der Waals surface area contributed by atoms with Crippen LogP contribution in [0, 0.1) is 17.0 Å². The molecule has 0 aliphatic heterocycles. The van der Waals surface area contributed by atoms with E-state index in [1.54, 1.807) is 18.2 Å². The number of amides is 1. The minimum Gasteiger partial charge on any atom is -0.346 e. The molecule has 0 aliphatic rings. The number of nitro benzene ring substituents is 1. The molecule has 2 aromatic rings. The summed E-state index contributed by atoms with van der Waals surface area (Å²) in [4.78, 5) is 22.2. The van der Waals surface area contributed by atoms with E-state index in [1.165, 1.54) is 18.2 Å². The Kier molecular flexibility index (Phi) is 5.25. The fourth-order valence-corrected chi connectivity index (χ4v) is 2.11. The van der Waals surface area contributed by atoms with Gasteiger partial charge in [-0.2, -0.15) is 0 Å². The van der Waals surface area contributed by atoms with E-state index in [1.807, 2.05) is 38.1 Å². The molecule has 5 heteroatoms. The summed E-state index contributed by atoms with van der Waals surface area (Å²) in [7, 11) is 0. The lowest BCUT2D eigenvalue weighted by Gasteiger charge is -2.13. The molecule has 118 valence electrons. The number of hydrogen-bond donors (Lipinski definition) is 1. The Hall–Kier alpha value is -2.95. The lowest BCUT2D eigenvalue weighted by molar-refractivity contribution is -0.384. The van der Waals surface area contributed by atoms with Crippen molar-refractivity contribution in [2.75, 3.05) is 0 Å². The predicted octanol–water partition coefficient (Wildman–Crippen LogP) is 3.79. The third-order valence-corrected chi connectivity index (χ3v) is 3.44. The summed E-state index contributed by atoms with van der Waals surface area (Å²) in [6.45, 7) is 3.92. The molecule has 1 N–H and O–H groups in total. The molecule has 23 heavy (non-hydrogen) atoms. The molecule has 0 heterocycles. The Labute approximate surface area is 134 Å². The van der Waals surface area contributed by atoms with Gasteiger partial charge < -0.3 is 5.32 Å². The molecule has 0 spiro atoms. The SMILES string of the molecule is Cc1ccc([C@H](C)NC(=O)/C=C/c2cccc([N+](=O)[O-])c2)cc1. The van der Waals surface area contributed by atoms with Crippen LogP contribution in [0.15, 0.2) is 54.6 Å². The van der Waals surface area contributed by atoms with E-state index in [2.05, 4.69) is 5.32 Å². The maximum absolute atomic E-state index is 12.0. The summed E-state index contributed by atoms with van der Waals surface area (Å²) in [6.07, 6.45) is 2.94. The van der Waals surface area contributed by atoms with Crippen LogP contribution in [-0.4, -0.2) is 10.8 Å². The largest absolute Gasteiger partial charge is 0.346 e. The number of hydrogen-bond acceptors (Lipinski definition) is 3. The zero-order valence-corrected chi connectivity index (χ0v) is 13.0. The third kappa shape index (κ3) is 4.78. The average molecular weight is 310 g/mol. The Balaban J connectivity index is 2.00. The normalized spacial score (nSPS) is 12.1. The number of nitrogens with one attached hydrogen (secondary N) is 1. The Morgan fingerprint density at radius 1 is 1.22 bits per heavy atom. The van der Waals surface area contributed by atoms with Crippen LogP contribution >= 0.6 is 0 Å². The highest BCUT2D eigenvalue weighted by Crippen LogP contribution is 2.15. The first-order valence-corrected chi connectivity index (χ1v) is 7.25. The lowest BCUT2D eigenvalue weighted by atomic mass is 10.1. The molecule has 0 unspecified atom stereocenters. The smallest absolute Gasteiger partial charge is 0.270 e. The molecule has 0 radical (unpaired) electrons. The van der Waals surface area contributed by atoms with Crippen LogP contribution in [0.3, 0.4) is 0 Å². The van der Waals surface area contributed by atoms with Gasteiger partial charge >= 0.3 is 0 Å². The fraction of sp³-hybridized carbons (Fsp3) is 0.167. The molecule has 1 atom stereocenters. The summed E-state index contributed by atoms with van der Waals surface area (Å²) in [5.74, 6) is -0.246. The van der Waals surface area contributed by atoms with Crippen molar-refractivity contribution in [1.82, 2.24) is 5.32 Å². The first kappa shape index (κ1) is 16.4. The third-order valence-electron chi connectivity index (χ3n) is 3.44. The molecule has 0 saturated carbocycles. The van der Waals surface area contributed by atoms with Crippen molar-refractivity contribution in [2.45, 2.75) is 19.9 Å². The number of rotatable bonds is 5. The van der Waals surface area contributed by atoms with Crippen LogP contribution in [0.2, 0.25) is 0 Å². The maximum atomic E-state index is 12.0. The summed E-state index contributed by atoms with van der Waals surface area (Å²) in [5, 5.41) is 13.6. The van der Waals surface area contributed by atoms with E-state index in [0.717, 1.165) is 11.1 Å². The van der Waals surface area contributed by atoms with Gasteiger partial charge in [-0.25, -0.2) is 0 Å². The van der Waals surface area contributed by atoms with Gasteiger partial charge in [0.05, 0.1) is 11.0 Å². The van der Waals surface area contributed by atoms with Gasteiger partial charge in [0, 0.05) is 18.2 Å². The van der Waals surface area contributed by atoms with Crippen LogP contribution in [0.1, 0.15) is 29.7 Å². The van der Waals surface area contributed by atoms with Crippen molar-refractivity contribution in [3.05, 3.63) is 81.4 Å². The van der Waals surface area contributed by atoms with Gasteiger partial charge in [-0.05, 0) is 31.1 Å². The molecule has 0 saturated heterocycles. The monoisotopic (exact) mass is 310 g/mol. The van der Waals surface area contributed by atoms with E-state index >= 15 is 0 Å². The number of aryl methyl sites for hydroxylation is 1. The Morgan fingerprint density at radius 2 is 1.91 bits per heavy atom. The number of carbonyl (C=O) groups excluding carboxylic acids is 1. The van der Waals surface area contributed by atoms with Crippen LogP contribution < -0.4 is 5.32 Å². The number of nitro groups is 1. The summed E-state index contributed by atoms with van der Waals surface area (Å²) in [5.41, 5.74) is 2.79. The van der Waals surface area contributed by atoms with E-state index < -0.39 is 4.92 Å². The van der Waals surface area contributed by atoms with Crippen LogP contribution in [0.25, 0.3) is 6.08 Å². The van der Waals surface area contributed by atoms with Gasteiger partial charge in [0.1, 0.15) is 0 Å². The van der Waals surface area contributed by atoms with E-state index in [-0.39, 0.29) is 17.6 Å². The molecule has 1 amide bonds. The molecule has 0 bridgehead atoms. The average Bonchev–Trinajstić information content (AvgIpc) is 2.53. The minimum atomic E-state index is -0.461. The van der Waals surface area contributed by atoms with Crippen molar-refractivity contribution < 1.29 is 9.72 Å². The molecule has 2 aromatic carbocycles. The van der Waals surface area contributed by atoms with E-state index in [4.69, 9.17) is 0 Å². The Morgan fingerprint density at radius 3 is 2.57 bits per heavy atom. The number of benzene rings is 2. The van der Waals surface area contributed by atoms with Gasteiger partial charge in [-0.1, -0.05) is 42.0 Å². The van der Waals surface area contributed by atoms with Gasteiger partial charge in [0.15, 0.2) is 0 Å². The standard InChI is InChI=1S/C18H18N2O3/c1-13-6-9-16(10-7-13)14(2)19-18(21)11-8-15-4-3-5-17(12-15)20(22)23/h3-12,14H,1-2H3,(H,19,21)/b11-8+/t14-/m0/s1. The highest BCUT2D eigenvalue weighted by Gasteiger charge is 2.07. The molecule has 0 fully saturated rings. The van der Waals surface area contributed by atoms with E-state index in [0.29, 0.717) is 5.56 Å². The number of non-ortho nitro benzene ring substituents is 1. The quantitative estimate of drug-likeness (QED) is 0.519. The molecule has 0 aromatic heterocycles. The van der Waals surface area contributed by atoms with Gasteiger partial charge in [0.25, 0.3) is 5.69 Å². The zero-order valence-electron chi connectivity index (χ0n) is 13.0. The van der Waals surface area contributed by atoms with Gasteiger partial charge in [-0.3, -0.25) is 14.9 Å². The van der Waals surface area contributed by atoms with Crippen LogP contribution in [-0.2, 0) is 4.79 Å². The van der Waals surface area contributed by atoms with Crippen molar-refractivity contribution in [1.29, 1.82) is 0 Å². The molecule has 0 aliphatic carbocycles. The second kappa shape index (κ2) is 7.35. The Bertz CT molecular complexity index is 736. The molecule has 2 rings (SSSR count). The van der Waals surface area contributed by atoms with Gasteiger partial charge in [-0.15, -0.1) is 0 Å². The molecule has 5 nitrogen and oxygen atoms in total. The summed E-state index contributed by atoms with van der Waals surface area (Å²) >= 11 is 0. The zero-order chi connectivity index (χ0) is 16.8. The second-order valence-corrected chi connectivity index (χ2v) is 5.33. The molecular formula is C18H18N2O3.